The molecular formula is C9H5Cl2NO4. The Morgan fingerprint density at radius 3 is 2.81 bits per heavy atom. The van der Waals surface area contributed by atoms with Gasteiger partial charge in [0.15, 0.2) is 12.4 Å². The molecule has 2 rings (SSSR count). The van der Waals surface area contributed by atoms with Crippen LogP contribution in [0.3, 0.4) is 0 Å². The zero-order chi connectivity index (χ0) is 11.9. The summed E-state index contributed by atoms with van der Waals surface area (Å²) in [6.45, 7) is -0.245. The van der Waals surface area contributed by atoms with Crippen molar-refractivity contribution in [3.05, 3.63) is 21.7 Å². The fourth-order valence-corrected chi connectivity index (χ4v) is 1.79. The summed E-state index contributed by atoms with van der Waals surface area (Å²) in [6.07, 6.45) is 0. The highest BCUT2D eigenvalue weighted by molar-refractivity contribution is 6.44. The molecule has 1 aliphatic rings. The van der Waals surface area contributed by atoms with Crippen molar-refractivity contribution in [1.82, 2.24) is 0 Å². The first-order valence-electron chi connectivity index (χ1n) is 4.18. The SMILES string of the molecule is O=C1COc2c(cc(Cl)c(Cl)c2C(=O)O)N1. The topological polar surface area (TPSA) is 75.6 Å². The van der Waals surface area contributed by atoms with E-state index in [9.17, 15) is 9.59 Å². The van der Waals surface area contributed by atoms with Crippen LogP contribution in [0.4, 0.5) is 5.69 Å². The monoisotopic (exact) mass is 261 g/mol. The number of fused-ring (bicyclic) bond motifs is 1. The number of aromatic carboxylic acids is 1. The van der Waals surface area contributed by atoms with Gasteiger partial charge in [-0.1, -0.05) is 23.2 Å². The minimum Gasteiger partial charge on any atom is -0.481 e. The molecule has 1 aromatic rings. The van der Waals surface area contributed by atoms with Crippen LogP contribution in [0.2, 0.25) is 10.0 Å². The van der Waals surface area contributed by atoms with Crippen LogP contribution in [0, 0.1) is 0 Å². The summed E-state index contributed by atoms with van der Waals surface area (Å²) < 4.78 is 5.03. The maximum Gasteiger partial charge on any atom is 0.341 e. The zero-order valence-corrected chi connectivity index (χ0v) is 9.22. The molecule has 0 spiro atoms. The summed E-state index contributed by atoms with van der Waals surface area (Å²) in [4.78, 5) is 22.0. The number of carboxylic acids is 1. The molecule has 1 heterocycles. The van der Waals surface area contributed by atoms with Crippen molar-refractivity contribution in [2.24, 2.45) is 0 Å². The molecule has 84 valence electrons. The van der Waals surface area contributed by atoms with Crippen LogP contribution in [0.15, 0.2) is 6.07 Å². The molecule has 0 saturated carbocycles. The minimum atomic E-state index is -1.26. The predicted molar refractivity (Wildman–Crippen MR) is 57.5 cm³/mol. The number of hydrogen-bond donors (Lipinski definition) is 2. The average molecular weight is 262 g/mol. The van der Waals surface area contributed by atoms with E-state index in [0.717, 1.165) is 0 Å². The van der Waals surface area contributed by atoms with Gasteiger partial charge in [0, 0.05) is 0 Å². The molecule has 16 heavy (non-hydrogen) atoms. The van der Waals surface area contributed by atoms with Gasteiger partial charge < -0.3 is 15.2 Å². The van der Waals surface area contributed by atoms with Crippen molar-refractivity contribution in [3.8, 4) is 5.75 Å². The van der Waals surface area contributed by atoms with E-state index < -0.39 is 5.97 Å². The van der Waals surface area contributed by atoms with Gasteiger partial charge >= 0.3 is 5.97 Å². The Hall–Kier alpha value is -1.46. The Morgan fingerprint density at radius 2 is 2.19 bits per heavy atom. The highest BCUT2D eigenvalue weighted by Crippen LogP contribution is 2.40. The fourth-order valence-electron chi connectivity index (χ4n) is 1.37. The van der Waals surface area contributed by atoms with Crippen molar-refractivity contribution in [1.29, 1.82) is 0 Å². The maximum atomic E-state index is 11.0. The summed E-state index contributed by atoms with van der Waals surface area (Å²) >= 11 is 11.5. The van der Waals surface area contributed by atoms with E-state index in [0.29, 0.717) is 0 Å². The minimum absolute atomic E-state index is 0.0292. The van der Waals surface area contributed by atoms with Crippen molar-refractivity contribution in [3.63, 3.8) is 0 Å². The van der Waals surface area contributed by atoms with Crippen molar-refractivity contribution < 1.29 is 19.4 Å². The zero-order valence-electron chi connectivity index (χ0n) is 7.71. The van der Waals surface area contributed by atoms with Crippen LogP contribution in [-0.2, 0) is 4.79 Å². The normalized spacial score (nSPS) is 13.8. The molecule has 2 N–H and O–H groups in total. The second-order valence-corrected chi connectivity index (χ2v) is 3.85. The number of amides is 1. The van der Waals surface area contributed by atoms with Gasteiger partial charge in [-0.25, -0.2) is 4.79 Å². The Kier molecular flexibility index (Phi) is 2.65. The molecule has 5 nitrogen and oxygen atoms in total. The smallest absolute Gasteiger partial charge is 0.341 e. The number of hydrogen-bond acceptors (Lipinski definition) is 3. The Morgan fingerprint density at radius 1 is 1.50 bits per heavy atom. The molecule has 0 bridgehead atoms. The Balaban J connectivity index is 2.68. The quantitative estimate of drug-likeness (QED) is 0.811. The largest absolute Gasteiger partial charge is 0.481 e. The Bertz CT molecular complexity index is 501. The van der Waals surface area contributed by atoms with E-state index in [1.165, 1.54) is 6.07 Å². The number of carbonyl (C=O) groups is 2. The molecular weight excluding hydrogens is 257 g/mol. The molecule has 0 saturated heterocycles. The maximum absolute atomic E-state index is 11.0. The van der Waals surface area contributed by atoms with Gasteiger partial charge in [0.2, 0.25) is 0 Å². The first-order chi connectivity index (χ1) is 7.50. The third kappa shape index (κ3) is 1.68. The molecule has 0 fully saturated rings. The molecule has 0 aliphatic carbocycles. The predicted octanol–water partition coefficient (Wildman–Crippen LogP) is 2.02. The lowest BCUT2D eigenvalue weighted by atomic mass is 10.1. The lowest BCUT2D eigenvalue weighted by Gasteiger charge is -2.20. The molecule has 1 aliphatic heterocycles. The van der Waals surface area contributed by atoms with E-state index in [4.69, 9.17) is 33.0 Å². The van der Waals surface area contributed by atoms with Crippen molar-refractivity contribution in [2.45, 2.75) is 0 Å². The van der Waals surface area contributed by atoms with Crippen LogP contribution in [0.5, 0.6) is 5.75 Å². The molecule has 0 aromatic heterocycles. The van der Waals surface area contributed by atoms with Crippen LogP contribution in [0.25, 0.3) is 0 Å². The molecule has 0 atom stereocenters. The summed E-state index contributed by atoms with van der Waals surface area (Å²) in [5.41, 5.74) is -0.0350. The lowest BCUT2D eigenvalue weighted by Crippen LogP contribution is -2.26. The van der Waals surface area contributed by atoms with Crippen molar-refractivity contribution in [2.75, 3.05) is 11.9 Å². The third-order valence-electron chi connectivity index (χ3n) is 2.01. The number of carbonyl (C=O) groups excluding carboxylic acids is 1. The van der Waals surface area contributed by atoms with Gasteiger partial charge in [-0.2, -0.15) is 0 Å². The molecule has 1 amide bonds. The van der Waals surface area contributed by atoms with Crippen LogP contribution < -0.4 is 10.1 Å². The molecule has 1 aromatic carbocycles. The molecule has 0 radical (unpaired) electrons. The second-order valence-electron chi connectivity index (χ2n) is 3.07. The van der Waals surface area contributed by atoms with Gasteiger partial charge in [0.05, 0.1) is 15.7 Å². The molecule has 7 heteroatoms. The number of nitrogens with one attached hydrogen (secondary N) is 1. The van der Waals surface area contributed by atoms with Crippen LogP contribution >= 0.6 is 23.2 Å². The van der Waals surface area contributed by atoms with Gasteiger partial charge in [-0.15, -0.1) is 0 Å². The van der Waals surface area contributed by atoms with E-state index in [1.54, 1.807) is 0 Å². The molecule has 0 unspecified atom stereocenters. The number of ether oxygens (including phenoxy) is 1. The van der Waals surface area contributed by atoms with E-state index in [2.05, 4.69) is 5.32 Å². The Labute approximate surface area is 99.9 Å². The van der Waals surface area contributed by atoms with Crippen molar-refractivity contribution >= 4 is 40.8 Å². The van der Waals surface area contributed by atoms with E-state index in [1.807, 2.05) is 0 Å². The van der Waals surface area contributed by atoms with E-state index in [-0.39, 0.29) is 39.6 Å². The average Bonchev–Trinajstić information content (AvgIpc) is 2.19. The highest BCUT2D eigenvalue weighted by Gasteiger charge is 2.27. The summed E-state index contributed by atoms with van der Waals surface area (Å²) in [5.74, 6) is -1.61. The van der Waals surface area contributed by atoms with Gasteiger partial charge in [0.25, 0.3) is 5.91 Å². The number of halogens is 2. The number of rotatable bonds is 1. The number of carboxylic acid groups (broad SMARTS) is 1. The third-order valence-corrected chi connectivity index (χ3v) is 2.79. The van der Waals surface area contributed by atoms with Crippen LogP contribution in [0.1, 0.15) is 10.4 Å². The van der Waals surface area contributed by atoms with Crippen LogP contribution in [-0.4, -0.2) is 23.6 Å². The standard InChI is InChI=1S/C9H5Cl2NO4/c10-3-1-4-8(16-2-5(13)12-4)6(7(3)11)9(14)15/h1H,2H2,(H,12,13)(H,14,15). The number of anilines is 1. The second kappa shape index (κ2) is 3.84. The van der Waals surface area contributed by atoms with E-state index >= 15 is 0 Å². The number of benzene rings is 1. The van der Waals surface area contributed by atoms with Gasteiger partial charge in [-0.3, -0.25) is 4.79 Å². The lowest BCUT2D eigenvalue weighted by molar-refractivity contribution is -0.118. The first kappa shape index (κ1) is 11.0. The summed E-state index contributed by atoms with van der Waals surface area (Å²) in [6, 6.07) is 1.35. The fraction of sp³-hybridized carbons (Fsp3) is 0.111. The van der Waals surface area contributed by atoms with Gasteiger partial charge in [0.1, 0.15) is 5.56 Å². The van der Waals surface area contributed by atoms with Gasteiger partial charge in [-0.05, 0) is 6.07 Å². The summed E-state index contributed by atoms with van der Waals surface area (Å²) in [5, 5.41) is 11.4. The highest BCUT2D eigenvalue weighted by atomic mass is 35.5. The summed E-state index contributed by atoms with van der Waals surface area (Å²) in [7, 11) is 0. The first-order valence-corrected chi connectivity index (χ1v) is 4.94.